The molecule has 0 aromatic heterocycles. The Balaban J connectivity index is 0.00000338. The number of nitrogens with zero attached hydrogens (tertiary/aromatic N) is 1. The summed E-state index contributed by atoms with van der Waals surface area (Å²) in [6.45, 7) is 0.436. The van der Waals surface area contributed by atoms with Crippen molar-refractivity contribution in [3.63, 3.8) is 0 Å². The average Bonchev–Trinajstić information content (AvgIpc) is 2.54. The highest BCUT2D eigenvalue weighted by atomic mass is 35.5. The molecule has 2 N–H and O–H groups in total. The van der Waals surface area contributed by atoms with Gasteiger partial charge in [0.25, 0.3) is 0 Å². The summed E-state index contributed by atoms with van der Waals surface area (Å²) >= 11 is 0. The Kier molecular flexibility index (Phi) is 8.47. The molecule has 0 radical (unpaired) electrons. The van der Waals surface area contributed by atoms with Gasteiger partial charge >= 0.3 is 12.4 Å². The number of alkyl halides is 6. The van der Waals surface area contributed by atoms with Crippen LogP contribution in [0.15, 0.2) is 0 Å². The van der Waals surface area contributed by atoms with Crippen LogP contribution in [-0.2, 0) is 4.79 Å². The van der Waals surface area contributed by atoms with Gasteiger partial charge in [0, 0.05) is 38.6 Å². The lowest BCUT2D eigenvalue weighted by Crippen LogP contribution is -2.58. The lowest BCUT2D eigenvalue weighted by Gasteiger charge is -2.37. The van der Waals surface area contributed by atoms with E-state index in [1.165, 1.54) is 4.90 Å². The van der Waals surface area contributed by atoms with Gasteiger partial charge in [-0.1, -0.05) is 12.8 Å². The molecule has 0 aromatic carbocycles. The number of carbonyl (C=O) groups is 1. The van der Waals surface area contributed by atoms with Crippen LogP contribution < -0.4 is 10.6 Å². The summed E-state index contributed by atoms with van der Waals surface area (Å²) < 4.78 is 79.0. The van der Waals surface area contributed by atoms with Gasteiger partial charge in [-0.15, -0.1) is 12.4 Å². The van der Waals surface area contributed by atoms with E-state index in [2.05, 4.69) is 10.6 Å². The van der Waals surface area contributed by atoms with Gasteiger partial charge in [0.1, 0.15) is 6.04 Å². The maximum atomic E-state index is 13.3. The SMILES string of the molecule is Cl.O=C(NCC(N1CCNCC1)C(F)(F)F)C1CCCCC1C(F)(F)F. The summed E-state index contributed by atoms with van der Waals surface area (Å²) in [5, 5.41) is 5.08. The van der Waals surface area contributed by atoms with E-state index in [1.807, 2.05) is 0 Å². The number of halogens is 7. The minimum absolute atomic E-state index is 0. The predicted molar refractivity (Wildman–Crippen MR) is 86.0 cm³/mol. The average molecular weight is 412 g/mol. The van der Waals surface area contributed by atoms with Crippen molar-refractivity contribution in [1.29, 1.82) is 0 Å². The zero-order chi connectivity index (χ0) is 18.7. The summed E-state index contributed by atoms with van der Waals surface area (Å²) in [7, 11) is 0. The van der Waals surface area contributed by atoms with E-state index in [4.69, 9.17) is 0 Å². The van der Waals surface area contributed by atoms with E-state index in [1.54, 1.807) is 0 Å². The molecule has 1 amide bonds. The second-order valence-corrected chi connectivity index (χ2v) is 6.63. The molecule has 154 valence electrons. The molecule has 1 saturated heterocycles. The molecular weight excluding hydrogens is 388 g/mol. The Bertz CT molecular complexity index is 454. The van der Waals surface area contributed by atoms with Crippen LogP contribution in [0, 0.1) is 11.8 Å². The number of rotatable bonds is 4. The van der Waals surface area contributed by atoms with Crippen molar-refractivity contribution in [1.82, 2.24) is 15.5 Å². The van der Waals surface area contributed by atoms with Gasteiger partial charge in [-0.2, -0.15) is 26.3 Å². The first-order valence-electron chi connectivity index (χ1n) is 8.46. The van der Waals surface area contributed by atoms with Gasteiger partial charge in [-0.3, -0.25) is 9.69 Å². The molecule has 4 nitrogen and oxygen atoms in total. The van der Waals surface area contributed by atoms with Crippen LogP contribution >= 0.6 is 12.4 Å². The normalized spacial score (nSPS) is 26.7. The highest BCUT2D eigenvalue weighted by Crippen LogP contribution is 2.41. The molecule has 3 unspecified atom stereocenters. The quantitative estimate of drug-likeness (QED) is 0.699. The van der Waals surface area contributed by atoms with Crippen LogP contribution in [0.3, 0.4) is 0 Å². The zero-order valence-electron chi connectivity index (χ0n) is 14.1. The van der Waals surface area contributed by atoms with E-state index in [0.717, 1.165) is 0 Å². The fourth-order valence-electron chi connectivity index (χ4n) is 3.61. The zero-order valence-corrected chi connectivity index (χ0v) is 14.9. The number of piperazine rings is 1. The maximum Gasteiger partial charge on any atom is 0.405 e. The Labute approximate surface area is 154 Å². The molecule has 2 fully saturated rings. The lowest BCUT2D eigenvalue weighted by molar-refractivity contribution is -0.199. The van der Waals surface area contributed by atoms with E-state index >= 15 is 0 Å². The maximum absolute atomic E-state index is 13.3. The van der Waals surface area contributed by atoms with E-state index < -0.39 is 42.7 Å². The van der Waals surface area contributed by atoms with Gasteiger partial charge in [-0.25, -0.2) is 0 Å². The molecule has 0 aromatic rings. The van der Waals surface area contributed by atoms with Crippen LogP contribution in [-0.4, -0.2) is 61.9 Å². The van der Waals surface area contributed by atoms with Crippen molar-refractivity contribution in [2.45, 2.75) is 44.1 Å². The van der Waals surface area contributed by atoms with Crippen molar-refractivity contribution >= 4 is 18.3 Å². The van der Waals surface area contributed by atoms with Crippen LogP contribution in [0.25, 0.3) is 0 Å². The Morgan fingerprint density at radius 3 is 2.19 bits per heavy atom. The summed E-state index contributed by atoms with van der Waals surface area (Å²) in [6.07, 6.45) is -8.31. The van der Waals surface area contributed by atoms with Crippen LogP contribution in [0.5, 0.6) is 0 Å². The molecule has 0 bridgehead atoms. The van der Waals surface area contributed by atoms with Crippen molar-refractivity contribution in [2.75, 3.05) is 32.7 Å². The van der Waals surface area contributed by atoms with Crippen molar-refractivity contribution < 1.29 is 31.1 Å². The Hall–Kier alpha value is -0.740. The molecule has 1 heterocycles. The highest BCUT2D eigenvalue weighted by Gasteiger charge is 2.49. The topological polar surface area (TPSA) is 44.4 Å². The lowest BCUT2D eigenvalue weighted by atomic mass is 9.78. The number of hydrogen-bond acceptors (Lipinski definition) is 3. The second kappa shape index (κ2) is 9.45. The van der Waals surface area contributed by atoms with Crippen molar-refractivity contribution in [3.05, 3.63) is 0 Å². The van der Waals surface area contributed by atoms with Gasteiger partial charge < -0.3 is 10.6 Å². The molecule has 1 aliphatic heterocycles. The predicted octanol–water partition coefficient (Wildman–Crippen LogP) is 2.73. The van der Waals surface area contributed by atoms with E-state index in [-0.39, 0.29) is 38.3 Å². The summed E-state index contributed by atoms with van der Waals surface area (Å²) in [5.41, 5.74) is 0. The van der Waals surface area contributed by atoms with E-state index in [0.29, 0.717) is 25.9 Å². The van der Waals surface area contributed by atoms with E-state index in [9.17, 15) is 31.1 Å². The van der Waals surface area contributed by atoms with Gasteiger partial charge in [0.2, 0.25) is 5.91 Å². The van der Waals surface area contributed by atoms with Crippen LogP contribution in [0.1, 0.15) is 25.7 Å². The van der Waals surface area contributed by atoms with Gasteiger partial charge in [0.15, 0.2) is 0 Å². The number of nitrogens with one attached hydrogen (secondary N) is 2. The molecule has 1 aliphatic carbocycles. The fraction of sp³-hybridized carbons (Fsp3) is 0.933. The standard InChI is InChI=1S/C15H23F6N3O.ClH/c16-14(17,18)11-4-2-1-3-10(11)13(25)23-9-12(15(19,20)21)24-7-5-22-6-8-24;/h10-12,22H,1-9H2,(H,23,25);1H. The van der Waals surface area contributed by atoms with Gasteiger partial charge in [0.05, 0.1) is 5.92 Å². The molecular formula is C15H24ClF6N3O. The molecule has 2 aliphatic rings. The summed E-state index contributed by atoms with van der Waals surface area (Å²) in [5.74, 6) is -4.00. The van der Waals surface area contributed by atoms with Crippen LogP contribution in [0.4, 0.5) is 26.3 Å². The molecule has 26 heavy (non-hydrogen) atoms. The highest BCUT2D eigenvalue weighted by molar-refractivity contribution is 5.85. The molecule has 0 spiro atoms. The third kappa shape index (κ3) is 6.16. The smallest absolute Gasteiger partial charge is 0.354 e. The first-order valence-corrected chi connectivity index (χ1v) is 8.46. The molecule has 2 rings (SSSR count). The third-order valence-corrected chi connectivity index (χ3v) is 4.96. The molecule has 1 saturated carbocycles. The Morgan fingerprint density at radius 1 is 1.08 bits per heavy atom. The van der Waals surface area contributed by atoms with Crippen LogP contribution in [0.2, 0.25) is 0 Å². The first kappa shape index (κ1) is 23.3. The monoisotopic (exact) mass is 411 g/mol. The largest absolute Gasteiger partial charge is 0.405 e. The third-order valence-electron chi connectivity index (χ3n) is 4.96. The van der Waals surface area contributed by atoms with Crippen molar-refractivity contribution in [3.8, 4) is 0 Å². The Morgan fingerprint density at radius 2 is 1.65 bits per heavy atom. The number of hydrogen-bond donors (Lipinski definition) is 2. The van der Waals surface area contributed by atoms with Crippen molar-refractivity contribution in [2.24, 2.45) is 11.8 Å². The number of carbonyl (C=O) groups excluding carboxylic acids is 1. The second-order valence-electron chi connectivity index (χ2n) is 6.63. The number of amides is 1. The van der Waals surface area contributed by atoms with Gasteiger partial charge in [-0.05, 0) is 12.8 Å². The fourth-order valence-corrected chi connectivity index (χ4v) is 3.61. The minimum Gasteiger partial charge on any atom is -0.354 e. The molecule has 11 heteroatoms. The first-order chi connectivity index (χ1) is 11.6. The minimum atomic E-state index is -4.55. The molecule has 3 atom stereocenters. The summed E-state index contributed by atoms with van der Waals surface area (Å²) in [4.78, 5) is 13.4. The summed E-state index contributed by atoms with van der Waals surface area (Å²) in [6, 6.07) is -1.88.